The molecule has 6 nitrogen and oxygen atoms in total. The van der Waals surface area contributed by atoms with E-state index >= 15 is 0 Å². The van der Waals surface area contributed by atoms with Gasteiger partial charge >= 0.3 is 0 Å². The highest BCUT2D eigenvalue weighted by Crippen LogP contribution is 2.24. The fourth-order valence-electron chi connectivity index (χ4n) is 2.43. The lowest BCUT2D eigenvalue weighted by Gasteiger charge is -2.10. The van der Waals surface area contributed by atoms with Gasteiger partial charge in [0.05, 0.1) is 0 Å². The number of aromatic amines is 1. The summed E-state index contributed by atoms with van der Waals surface area (Å²) in [7, 11) is 0. The lowest BCUT2D eigenvalue weighted by Crippen LogP contribution is -2.32. The molecule has 1 fully saturated rings. The number of aromatic nitrogens is 2. The van der Waals surface area contributed by atoms with Crippen LogP contribution in [0.2, 0.25) is 0 Å². The Balaban J connectivity index is 1.70. The van der Waals surface area contributed by atoms with Gasteiger partial charge in [-0.25, -0.2) is 0 Å². The number of carbonyl (C=O) groups is 2. The second-order valence-electron chi connectivity index (χ2n) is 5.39. The predicted octanol–water partition coefficient (Wildman–Crippen LogP) is 1.66. The quantitative estimate of drug-likeness (QED) is 0.765. The van der Waals surface area contributed by atoms with Crippen LogP contribution < -0.4 is 10.6 Å². The molecule has 0 aliphatic heterocycles. The first-order valence-electron chi connectivity index (χ1n) is 7.17. The van der Waals surface area contributed by atoms with Crippen LogP contribution in [0.5, 0.6) is 0 Å². The molecule has 1 aromatic rings. The minimum atomic E-state index is -0.133. The van der Waals surface area contributed by atoms with E-state index < -0.39 is 0 Å². The third-order valence-corrected chi connectivity index (χ3v) is 3.89. The third-order valence-electron chi connectivity index (χ3n) is 3.89. The highest BCUT2D eigenvalue weighted by molar-refractivity contribution is 5.91. The summed E-state index contributed by atoms with van der Waals surface area (Å²) >= 11 is 0. The van der Waals surface area contributed by atoms with Crippen molar-refractivity contribution in [2.75, 3.05) is 11.9 Å². The number of nitrogens with zero attached hydrogens (tertiary/aromatic N) is 1. The maximum absolute atomic E-state index is 11.8. The van der Waals surface area contributed by atoms with Crippen LogP contribution in [0, 0.1) is 19.8 Å². The average Bonchev–Trinajstić information content (AvgIpc) is 3.04. The average molecular weight is 278 g/mol. The minimum Gasteiger partial charge on any atom is -0.355 e. The predicted molar refractivity (Wildman–Crippen MR) is 76.3 cm³/mol. The molecular weight excluding hydrogens is 256 g/mol. The van der Waals surface area contributed by atoms with Gasteiger partial charge in [0.2, 0.25) is 11.8 Å². The molecule has 1 aromatic heterocycles. The zero-order valence-electron chi connectivity index (χ0n) is 12.1. The SMILES string of the molecule is Cc1[nH]nc(NC(=O)CCNC(=O)C2CCCC2)c1C. The van der Waals surface area contributed by atoms with Crippen LogP contribution in [0.15, 0.2) is 0 Å². The van der Waals surface area contributed by atoms with Gasteiger partial charge in [0, 0.05) is 30.1 Å². The van der Waals surface area contributed by atoms with Gasteiger partial charge in [0.1, 0.15) is 0 Å². The van der Waals surface area contributed by atoms with Gasteiger partial charge in [-0.2, -0.15) is 5.10 Å². The van der Waals surface area contributed by atoms with Crippen LogP contribution in [0.4, 0.5) is 5.82 Å². The number of hydrogen-bond donors (Lipinski definition) is 3. The summed E-state index contributed by atoms with van der Waals surface area (Å²) in [5, 5.41) is 12.4. The molecule has 0 atom stereocenters. The Kier molecular flexibility index (Phi) is 4.76. The van der Waals surface area contributed by atoms with Crippen LogP contribution in [-0.2, 0) is 9.59 Å². The van der Waals surface area contributed by atoms with Crippen molar-refractivity contribution in [2.45, 2.75) is 46.0 Å². The summed E-state index contributed by atoms with van der Waals surface area (Å²) in [4.78, 5) is 23.5. The lowest BCUT2D eigenvalue weighted by molar-refractivity contribution is -0.124. The van der Waals surface area contributed by atoms with E-state index in [9.17, 15) is 9.59 Å². The Bertz CT molecular complexity index is 489. The van der Waals surface area contributed by atoms with Crippen LogP contribution in [0.3, 0.4) is 0 Å². The summed E-state index contributed by atoms with van der Waals surface area (Å²) in [6.07, 6.45) is 4.49. The van der Waals surface area contributed by atoms with Crippen molar-refractivity contribution in [2.24, 2.45) is 5.92 Å². The third kappa shape index (κ3) is 3.59. The van der Waals surface area contributed by atoms with Crippen LogP contribution >= 0.6 is 0 Å². The molecule has 0 bridgehead atoms. The highest BCUT2D eigenvalue weighted by Gasteiger charge is 2.22. The van der Waals surface area contributed by atoms with Gasteiger partial charge < -0.3 is 10.6 Å². The molecule has 3 N–H and O–H groups in total. The molecule has 2 rings (SSSR count). The molecule has 6 heteroatoms. The van der Waals surface area contributed by atoms with E-state index in [4.69, 9.17) is 0 Å². The fourth-order valence-corrected chi connectivity index (χ4v) is 2.43. The first-order valence-corrected chi connectivity index (χ1v) is 7.17. The normalized spacial score (nSPS) is 15.3. The van der Waals surface area contributed by atoms with E-state index in [-0.39, 0.29) is 24.2 Å². The molecule has 0 spiro atoms. The summed E-state index contributed by atoms with van der Waals surface area (Å²) in [5.74, 6) is 0.664. The smallest absolute Gasteiger partial charge is 0.227 e. The number of nitrogens with one attached hydrogen (secondary N) is 3. The maximum atomic E-state index is 11.8. The summed E-state index contributed by atoms with van der Waals surface area (Å²) in [6, 6.07) is 0. The van der Waals surface area contributed by atoms with E-state index in [0.29, 0.717) is 12.4 Å². The molecule has 1 aliphatic rings. The Morgan fingerprint density at radius 3 is 2.60 bits per heavy atom. The zero-order chi connectivity index (χ0) is 14.5. The Labute approximate surface area is 118 Å². The highest BCUT2D eigenvalue weighted by atomic mass is 16.2. The molecule has 20 heavy (non-hydrogen) atoms. The fraction of sp³-hybridized carbons (Fsp3) is 0.643. The van der Waals surface area contributed by atoms with Crippen molar-refractivity contribution in [1.29, 1.82) is 0 Å². The van der Waals surface area contributed by atoms with Gasteiger partial charge in [-0.05, 0) is 26.7 Å². The number of rotatable bonds is 5. The standard InChI is InChI=1S/C14H22N4O2/c1-9-10(2)17-18-13(9)16-12(19)7-8-15-14(20)11-5-3-4-6-11/h11H,3-8H2,1-2H3,(H,15,20)(H2,16,17,18,19). The number of carbonyl (C=O) groups excluding carboxylic acids is 2. The molecule has 0 radical (unpaired) electrons. The number of aryl methyl sites for hydroxylation is 1. The first-order chi connectivity index (χ1) is 9.58. The molecule has 1 saturated carbocycles. The molecule has 1 heterocycles. The summed E-state index contributed by atoms with van der Waals surface area (Å²) in [5.41, 5.74) is 1.88. The van der Waals surface area contributed by atoms with Gasteiger partial charge in [-0.15, -0.1) is 0 Å². The maximum Gasteiger partial charge on any atom is 0.227 e. The first kappa shape index (κ1) is 14.6. The molecule has 2 amide bonds. The van der Waals surface area contributed by atoms with E-state index in [2.05, 4.69) is 20.8 Å². The van der Waals surface area contributed by atoms with Crippen LogP contribution in [0.25, 0.3) is 0 Å². The largest absolute Gasteiger partial charge is 0.355 e. The van der Waals surface area contributed by atoms with Gasteiger partial charge in [0.15, 0.2) is 5.82 Å². The van der Waals surface area contributed by atoms with E-state index in [1.807, 2.05) is 13.8 Å². The second kappa shape index (κ2) is 6.54. The van der Waals surface area contributed by atoms with E-state index in [0.717, 1.165) is 36.9 Å². The minimum absolute atomic E-state index is 0.0853. The molecule has 0 unspecified atom stereocenters. The van der Waals surface area contributed by atoms with Gasteiger partial charge in [-0.3, -0.25) is 14.7 Å². The van der Waals surface area contributed by atoms with Crippen molar-refractivity contribution in [3.8, 4) is 0 Å². The number of H-pyrrole nitrogens is 1. The summed E-state index contributed by atoms with van der Waals surface area (Å²) in [6.45, 7) is 4.18. The lowest BCUT2D eigenvalue weighted by atomic mass is 10.1. The Morgan fingerprint density at radius 2 is 2.00 bits per heavy atom. The number of anilines is 1. The van der Waals surface area contributed by atoms with Gasteiger partial charge in [0.25, 0.3) is 0 Å². The van der Waals surface area contributed by atoms with Crippen LogP contribution in [0.1, 0.15) is 43.4 Å². The molecule has 0 saturated heterocycles. The Hall–Kier alpha value is -1.85. The van der Waals surface area contributed by atoms with Crippen molar-refractivity contribution < 1.29 is 9.59 Å². The van der Waals surface area contributed by atoms with E-state index in [1.54, 1.807) is 0 Å². The zero-order valence-corrected chi connectivity index (χ0v) is 12.1. The Morgan fingerprint density at radius 1 is 1.30 bits per heavy atom. The summed E-state index contributed by atoms with van der Waals surface area (Å²) < 4.78 is 0. The van der Waals surface area contributed by atoms with Crippen molar-refractivity contribution in [3.63, 3.8) is 0 Å². The van der Waals surface area contributed by atoms with Crippen molar-refractivity contribution >= 4 is 17.6 Å². The molecule has 110 valence electrons. The number of amides is 2. The van der Waals surface area contributed by atoms with Crippen molar-refractivity contribution in [3.05, 3.63) is 11.3 Å². The topological polar surface area (TPSA) is 86.9 Å². The van der Waals surface area contributed by atoms with E-state index in [1.165, 1.54) is 0 Å². The monoisotopic (exact) mass is 278 g/mol. The second-order valence-corrected chi connectivity index (χ2v) is 5.39. The molecular formula is C14H22N4O2. The molecule has 0 aromatic carbocycles. The van der Waals surface area contributed by atoms with Crippen molar-refractivity contribution in [1.82, 2.24) is 15.5 Å². The number of hydrogen-bond acceptors (Lipinski definition) is 3. The van der Waals surface area contributed by atoms with Gasteiger partial charge in [-0.1, -0.05) is 12.8 Å². The molecule has 1 aliphatic carbocycles. The van der Waals surface area contributed by atoms with Crippen LogP contribution in [-0.4, -0.2) is 28.6 Å².